The molecule has 1 fully saturated rings. The van der Waals surface area contributed by atoms with Crippen molar-refractivity contribution in [2.75, 3.05) is 13.1 Å². The molecular formula is C16H23BrN2O3. The number of likely N-dealkylation sites (tertiary alicyclic amines) is 1. The molecule has 0 saturated carbocycles. The topological polar surface area (TPSA) is 58.6 Å². The number of amides is 2. The number of rotatable bonds is 2. The van der Waals surface area contributed by atoms with Gasteiger partial charge in [0.25, 0.3) is 0 Å². The molecule has 122 valence electrons. The summed E-state index contributed by atoms with van der Waals surface area (Å²) in [5.74, 6) is 0. The smallest absolute Gasteiger partial charge is 0.407 e. The summed E-state index contributed by atoms with van der Waals surface area (Å²) in [4.78, 5) is 23.4. The Morgan fingerprint density at radius 1 is 1.36 bits per heavy atom. The molecule has 1 saturated heterocycles. The van der Waals surface area contributed by atoms with Gasteiger partial charge in [-0.15, -0.1) is 0 Å². The fourth-order valence-corrected chi connectivity index (χ4v) is 2.15. The normalized spacial score (nSPS) is 17.3. The fraction of sp³-hybridized carbons (Fsp3) is 0.500. The zero-order valence-corrected chi connectivity index (χ0v) is 14.8. The van der Waals surface area contributed by atoms with Gasteiger partial charge in [-0.25, -0.2) is 4.79 Å². The number of benzene rings is 1. The van der Waals surface area contributed by atoms with Crippen molar-refractivity contribution in [1.82, 2.24) is 10.2 Å². The molecule has 0 bridgehead atoms. The van der Waals surface area contributed by atoms with Crippen molar-refractivity contribution in [3.8, 4) is 0 Å². The molecule has 2 amide bonds. The molecule has 1 aromatic rings. The van der Waals surface area contributed by atoms with Crippen LogP contribution in [-0.4, -0.2) is 42.1 Å². The lowest BCUT2D eigenvalue weighted by atomic mass is 10.1. The molecule has 2 rings (SSSR count). The van der Waals surface area contributed by atoms with Crippen molar-refractivity contribution >= 4 is 28.4 Å². The molecule has 1 aromatic carbocycles. The molecule has 0 aromatic heterocycles. The van der Waals surface area contributed by atoms with Crippen molar-refractivity contribution in [1.29, 1.82) is 0 Å². The maximum absolute atomic E-state index is 11.4. The average molecular weight is 371 g/mol. The summed E-state index contributed by atoms with van der Waals surface area (Å²) in [5, 5.41) is 2.71. The van der Waals surface area contributed by atoms with Crippen LogP contribution in [0.15, 0.2) is 34.8 Å². The van der Waals surface area contributed by atoms with Crippen LogP contribution in [0.5, 0.6) is 0 Å². The zero-order valence-electron chi connectivity index (χ0n) is 13.2. The Balaban J connectivity index is 0.000000287. The standard InChI is InChI=1S/C10H18N2O3.C6H5Br/c1-10(2,3)11-9(14)15-8-4-5-12(6-8)7-13;7-6-4-2-1-3-5-6/h7-8H,4-6H2,1-3H3,(H,11,14);1-5H. The predicted molar refractivity (Wildman–Crippen MR) is 89.6 cm³/mol. The third-order valence-corrected chi connectivity index (χ3v) is 3.34. The Kier molecular flexibility index (Phi) is 7.38. The highest BCUT2D eigenvalue weighted by molar-refractivity contribution is 9.10. The van der Waals surface area contributed by atoms with Crippen molar-refractivity contribution in [2.45, 2.75) is 38.8 Å². The van der Waals surface area contributed by atoms with Crippen molar-refractivity contribution < 1.29 is 14.3 Å². The van der Waals surface area contributed by atoms with Crippen molar-refractivity contribution in [3.63, 3.8) is 0 Å². The molecule has 1 N–H and O–H groups in total. The van der Waals surface area contributed by atoms with Crippen LogP contribution in [0.2, 0.25) is 0 Å². The Bertz CT molecular complexity index is 474. The second-order valence-corrected chi connectivity index (χ2v) is 7.00. The monoisotopic (exact) mass is 370 g/mol. The van der Waals surface area contributed by atoms with E-state index in [4.69, 9.17) is 4.74 Å². The number of hydrogen-bond donors (Lipinski definition) is 1. The summed E-state index contributed by atoms with van der Waals surface area (Å²) in [6.45, 7) is 6.83. The molecule has 1 heterocycles. The Morgan fingerprint density at radius 2 is 2.00 bits per heavy atom. The van der Waals surface area contributed by atoms with Gasteiger partial charge in [-0.05, 0) is 32.9 Å². The zero-order chi connectivity index (χ0) is 16.6. The van der Waals surface area contributed by atoms with Crippen LogP contribution in [0.1, 0.15) is 27.2 Å². The highest BCUT2D eigenvalue weighted by Gasteiger charge is 2.25. The Hall–Kier alpha value is -1.56. The highest BCUT2D eigenvalue weighted by atomic mass is 79.9. The van der Waals surface area contributed by atoms with Crippen LogP contribution in [0, 0.1) is 0 Å². The summed E-state index contributed by atoms with van der Waals surface area (Å²) < 4.78 is 6.30. The summed E-state index contributed by atoms with van der Waals surface area (Å²) in [7, 11) is 0. The highest BCUT2D eigenvalue weighted by Crippen LogP contribution is 2.11. The van der Waals surface area contributed by atoms with Crippen LogP contribution in [0.4, 0.5) is 4.79 Å². The third kappa shape index (κ3) is 8.02. The summed E-state index contributed by atoms with van der Waals surface area (Å²) in [6, 6.07) is 9.97. The minimum atomic E-state index is -0.416. The summed E-state index contributed by atoms with van der Waals surface area (Å²) >= 11 is 3.31. The number of ether oxygens (including phenoxy) is 1. The second kappa shape index (κ2) is 8.78. The van der Waals surface area contributed by atoms with Gasteiger partial charge in [0.05, 0.1) is 6.54 Å². The van der Waals surface area contributed by atoms with Crippen molar-refractivity contribution in [3.05, 3.63) is 34.8 Å². The first-order chi connectivity index (χ1) is 10.3. The van der Waals surface area contributed by atoms with Gasteiger partial charge < -0.3 is 15.0 Å². The molecule has 0 radical (unpaired) electrons. The largest absolute Gasteiger partial charge is 0.444 e. The van der Waals surface area contributed by atoms with Gasteiger partial charge in [0.15, 0.2) is 0 Å². The molecular weight excluding hydrogens is 348 g/mol. The second-order valence-electron chi connectivity index (χ2n) is 6.09. The first kappa shape index (κ1) is 18.5. The molecule has 1 atom stereocenters. The van der Waals surface area contributed by atoms with E-state index in [-0.39, 0.29) is 11.6 Å². The Morgan fingerprint density at radius 3 is 2.41 bits per heavy atom. The van der Waals surface area contributed by atoms with Crippen LogP contribution >= 0.6 is 15.9 Å². The molecule has 5 nitrogen and oxygen atoms in total. The van der Waals surface area contributed by atoms with E-state index in [2.05, 4.69) is 21.2 Å². The molecule has 0 aliphatic carbocycles. The van der Waals surface area contributed by atoms with Gasteiger partial charge in [0.2, 0.25) is 6.41 Å². The number of halogens is 1. The SMILES string of the molecule is Brc1ccccc1.CC(C)(C)NC(=O)OC1CCN(C=O)C1. The van der Waals surface area contributed by atoms with E-state index in [1.54, 1.807) is 4.90 Å². The molecule has 1 aliphatic heterocycles. The molecule has 0 spiro atoms. The van der Waals surface area contributed by atoms with E-state index in [0.717, 1.165) is 17.3 Å². The quantitative estimate of drug-likeness (QED) is 0.813. The molecule has 22 heavy (non-hydrogen) atoms. The lowest BCUT2D eigenvalue weighted by molar-refractivity contribution is -0.117. The van der Waals surface area contributed by atoms with Gasteiger partial charge in [-0.2, -0.15) is 0 Å². The summed E-state index contributed by atoms with van der Waals surface area (Å²) in [6.07, 6.45) is 0.916. The number of hydrogen-bond acceptors (Lipinski definition) is 3. The lowest BCUT2D eigenvalue weighted by Gasteiger charge is -2.21. The number of alkyl carbamates (subject to hydrolysis) is 1. The number of nitrogens with zero attached hydrogens (tertiary/aromatic N) is 1. The lowest BCUT2D eigenvalue weighted by Crippen LogP contribution is -2.42. The van der Waals surface area contributed by atoms with Crippen LogP contribution in [0.25, 0.3) is 0 Å². The van der Waals surface area contributed by atoms with Crippen LogP contribution in [0.3, 0.4) is 0 Å². The van der Waals surface area contributed by atoms with Gasteiger partial charge >= 0.3 is 6.09 Å². The molecule has 1 unspecified atom stereocenters. The number of carbonyl (C=O) groups is 2. The van der Waals surface area contributed by atoms with Gasteiger partial charge in [0.1, 0.15) is 6.10 Å². The van der Waals surface area contributed by atoms with Crippen LogP contribution < -0.4 is 5.32 Å². The first-order valence-corrected chi connectivity index (χ1v) is 7.98. The fourth-order valence-electron chi connectivity index (χ4n) is 1.85. The Labute approximate surface area is 140 Å². The van der Waals surface area contributed by atoms with E-state index >= 15 is 0 Å². The third-order valence-electron chi connectivity index (χ3n) is 2.81. The minimum absolute atomic E-state index is 0.169. The summed E-state index contributed by atoms with van der Waals surface area (Å²) in [5.41, 5.74) is -0.292. The van der Waals surface area contributed by atoms with E-state index < -0.39 is 6.09 Å². The average Bonchev–Trinajstić information content (AvgIpc) is 2.85. The van der Waals surface area contributed by atoms with E-state index in [1.165, 1.54) is 0 Å². The van der Waals surface area contributed by atoms with Gasteiger partial charge in [-0.1, -0.05) is 34.1 Å². The number of carbonyl (C=O) groups excluding carboxylic acids is 2. The molecule has 6 heteroatoms. The van der Waals surface area contributed by atoms with Gasteiger partial charge in [0, 0.05) is 23.0 Å². The van der Waals surface area contributed by atoms with Crippen LogP contribution in [-0.2, 0) is 9.53 Å². The first-order valence-electron chi connectivity index (χ1n) is 7.19. The minimum Gasteiger partial charge on any atom is -0.444 e. The van der Waals surface area contributed by atoms with Crippen molar-refractivity contribution in [2.24, 2.45) is 0 Å². The maximum Gasteiger partial charge on any atom is 0.407 e. The van der Waals surface area contributed by atoms with E-state index in [0.29, 0.717) is 13.1 Å². The number of nitrogens with one attached hydrogen (secondary N) is 1. The predicted octanol–water partition coefficient (Wildman–Crippen LogP) is 3.19. The van der Waals surface area contributed by atoms with Gasteiger partial charge in [-0.3, -0.25) is 4.79 Å². The van der Waals surface area contributed by atoms with E-state index in [1.807, 2.05) is 51.1 Å². The maximum atomic E-state index is 11.4. The van der Waals surface area contributed by atoms with E-state index in [9.17, 15) is 9.59 Å². The molecule has 1 aliphatic rings.